The minimum absolute atomic E-state index is 0.0432. The number of carbonyl (C=O) groups is 1. The van der Waals surface area contributed by atoms with Crippen LogP contribution in [0.2, 0.25) is 0 Å². The van der Waals surface area contributed by atoms with Crippen LogP contribution >= 0.6 is 11.6 Å². The van der Waals surface area contributed by atoms with E-state index < -0.39 is 11.0 Å². The second-order valence-corrected chi connectivity index (χ2v) is 6.89. The molecule has 26 heavy (non-hydrogen) atoms. The number of Topliss-reactive ketones (excluding diaryl/α,β-unsaturated/α-hetero) is 1. The van der Waals surface area contributed by atoms with Crippen molar-refractivity contribution >= 4 is 39.7 Å². The third kappa shape index (κ3) is 1.63. The summed E-state index contributed by atoms with van der Waals surface area (Å²) in [4.78, 5) is 17.8. The standard InChI is InChI=1S/C20H12ClN3O2/c21-18-17(25)15-11-5-1-4-8-14(11)24(10-9-22)16(15)19-20(18,26)12-6-2-3-7-13(12)23-19/h1-8,18,26H,10H2. The first-order valence-electron chi connectivity index (χ1n) is 8.17. The Balaban J connectivity index is 1.94. The van der Waals surface area contributed by atoms with Gasteiger partial charge < -0.3 is 9.67 Å². The Morgan fingerprint density at radius 1 is 1.23 bits per heavy atom. The van der Waals surface area contributed by atoms with E-state index in [0.717, 1.165) is 5.52 Å². The average Bonchev–Trinajstić information content (AvgIpc) is 3.14. The minimum Gasteiger partial charge on any atom is -0.377 e. The summed E-state index contributed by atoms with van der Waals surface area (Å²) in [5.41, 5.74) is 1.39. The van der Waals surface area contributed by atoms with Crippen molar-refractivity contribution in [1.82, 2.24) is 4.57 Å². The maximum atomic E-state index is 13.2. The van der Waals surface area contributed by atoms with Crippen molar-refractivity contribution in [3.63, 3.8) is 0 Å². The van der Waals surface area contributed by atoms with E-state index in [2.05, 4.69) is 11.1 Å². The number of hydrogen-bond acceptors (Lipinski definition) is 4. The number of nitrogens with zero attached hydrogens (tertiary/aromatic N) is 3. The number of alkyl halides is 1. The van der Waals surface area contributed by atoms with Crippen LogP contribution in [0, 0.1) is 11.3 Å². The number of aromatic nitrogens is 1. The zero-order valence-corrected chi connectivity index (χ0v) is 14.2. The van der Waals surface area contributed by atoms with Gasteiger partial charge in [-0.1, -0.05) is 36.4 Å². The Morgan fingerprint density at radius 2 is 1.96 bits per heavy atom. The molecule has 0 saturated heterocycles. The number of nitriles is 1. The third-order valence-corrected chi connectivity index (χ3v) is 5.69. The first-order chi connectivity index (χ1) is 12.6. The van der Waals surface area contributed by atoms with E-state index in [-0.39, 0.29) is 12.3 Å². The first-order valence-corrected chi connectivity index (χ1v) is 8.60. The Morgan fingerprint density at radius 3 is 2.77 bits per heavy atom. The summed E-state index contributed by atoms with van der Waals surface area (Å²) in [5, 5.41) is 20.3. The van der Waals surface area contributed by atoms with E-state index >= 15 is 0 Å². The number of fused-ring (bicyclic) bond motifs is 7. The number of halogens is 1. The molecule has 1 N–H and O–H groups in total. The first kappa shape index (κ1) is 15.3. The van der Waals surface area contributed by atoms with Gasteiger partial charge in [0.2, 0.25) is 0 Å². The largest absolute Gasteiger partial charge is 0.377 e. The molecule has 2 unspecified atom stereocenters. The number of benzene rings is 2. The molecule has 0 spiro atoms. The normalized spacial score (nSPS) is 23.2. The van der Waals surface area contributed by atoms with E-state index in [9.17, 15) is 15.2 Å². The van der Waals surface area contributed by atoms with Crippen molar-refractivity contribution in [2.45, 2.75) is 17.5 Å². The lowest BCUT2D eigenvalue weighted by Crippen LogP contribution is -2.51. The molecular formula is C20H12ClN3O2. The SMILES string of the molecule is N#CCn1c2c(c3ccccc31)C(=O)C(Cl)C1(O)C2=Nc2ccccc21. The molecule has 2 aliphatic rings. The van der Waals surface area contributed by atoms with E-state index in [1.54, 1.807) is 22.8 Å². The topological polar surface area (TPSA) is 78.4 Å². The fourth-order valence-electron chi connectivity index (χ4n) is 4.07. The van der Waals surface area contributed by atoms with Crippen LogP contribution in [0.3, 0.4) is 0 Å². The van der Waals surface area contributed by atoms with Crippen molar-refractivity contribution in [3.8, 4) is 6.07 Å². The van der Waals surface area contributed by atoms with Gasteiger partial charge in [-0.25, -0.2) is 4.99 Å². The van der Waals surface area contributed by atoms with Gasteiger partial charge in [0, 0.05) is 10.9 Å². The number of hydrogen-bond donors (Lipinski definition) is 1. The molecule has 2 aromatic carbocycles. The van der Waals surface area contributed by atoms with Gasteiger partial charge in [0.15, 0.2) is 11.4 Å². The Labute approximate surface area is 153 Å². The molecule has 1 aromatic heterocycles. The fourth-order valence-corrected chi connectivity index (χ4v) is 4.40. The molecular weight excluding hydrogens is 350 g/mol. The third-order valence-electron chi connectivity index (χ3n) is 5.18. The maximum Gasteiger partial charge on any atom is 0.187 e. The monoisotopic (exact) mass is 361 g/mol. The van der Waals surface area contributed by atoms with E-state index in [0.29, 0.717) is 33.6 Å². The number of carbonyl (C=O) groups excluding carboxylic acids is 1. The van der Waals surface area contributed by atoms with Gasteiger partial charge in [-0.15, -0.1) is 11.6 Å². The van der Waals surface area contributed by atoms with Crippen molar-refractivity contribution < 1.29 is 9.90 Å². The van der Waals surface area contributed by atoms with Crippen LogP contribution in [0.15, 0.2) is 53.5 Å². The predicted molar refractivity (Wildman–Crippen MR) is 98.1 cm³/mol. The van der Waals surface area contributed by atoms with Crippen LogP contribution in [0.1, 0.15) is 21.6 Å². The van der Waals surface area contributed by atoms with Crippen LogP contribution in [0.4, 0.5) is 5.69 Å². The summed E-state index contributed by atoms with van der Waals surface area (Å²) in [7, 11) is 0. The van der Waals surface area contributed by atoms with Gasteiger partial charge in [-0.3, -0.25) is 4.79 Å². The summed E-state index contributed by atoms with van der Waals surface area (Å²) < 4.78 is 1.74. The summed E-state index contributed by atoms with van der Waals surface area (Å²) in [6.07, 6.45) is 0. The average molecular weight is 362 g/mol. The second-order valence-electron chi connectivity index (χ2n) is 6.46. The Hall–Kier alpha value is -2.94. The fraction of sp³-hybridized carbons (Fsp3) is 0.150. The molecule has 1 aliphatic carbocycles. The van der Waals surface area contributed by atoms with Crippen LogP contribution in [0.5, 0.6) is 0 Å². The van der Waals surface area contributed by atoms with Crippen molar-refractivity contribution in [2.24, 2.45) is 4.99 Å². The molecule has 0 bridgehead atoms. The Kier molecular flexibility index (Phi) is 2.97. The minimum atomic E-state index is -1.70. The van der Waals surface area contributed by atoms with Crippen molar-refractivity contribution in [1.29, 1.82) is 5.26 Å². The summed E-state index contributed by atoms with van der Waals surface area (Å²) in [5.74, 6) is -0.354. The predicted octanol–water partition coefficient (Wildman–Crippen LogP) is 3.29. The van der Waals surface area contributed by atoms with E-state index in [4.69, 9.17) is 11.6 Å². The molecule has 5 rings (SSSR count). The summed E-state index contributed by atoms with van der Waals surface area (Å²) >= 11 is 6.50. The molecule has 3 aromatic rings. The molecule has 2 atom stereocenters. The molecule has 5 nitrogen and oxygen atoms in total. The van der Waals surface area contributed by atoms with Gasteiger partial charge in [0.25, 0.3) is 0 Å². The highest BCUT2D eigenvalue weighted by atomic mass is 35.5. The van der Waals surface area contributed by atoms with E-state index in [1.807, 2.05) is 30.3 Å². The zero-order valence-electron chi connectivity index (χ0n) is 13.5. The number of aliphatic hydroxyl groups is 1. The van der Waals surface area contributed by atoms with Gasteiger partial charge in [0.05, 0.1) is 28.5 Å². The summed E-state index contributed by atoms with van der Waals surface area (Å²) in [6, 6.07) is 16.6. The molecule has 6 heteroatoms. The smallest absolute Gasteiger partial charge is 0.187 e. The Bertz CT molecular complexity index is 1190. The van der Waals surface area contributed by atoms with Crippen molar-refractivity contribution in [3.05, 3.63) is 65.4 Å². The molecule has 0 fully saturated rings. The van der Waals surface area contributed by atoms with Gasteiger partial charge >= 0.3 is 0 Å². The zero-order chi connectivity index (χ0) is 18.1. The second kappa shape index (κ2) is 5.04. The maximum absolute atomic E-state index is 13.2. The number of ketones is 1. The molecule has 0 radical (unpaired) electrons. The number of aliphatic imine (C=N–C) groups is 1. The highest BCUT2D eigenvalue weighted by Crippen LogP contribution is 2.50. The van der Waals surface area contributed by atoms with Crippen LogP contribution < -0.4 is 0 Å². The van der Waals surface area contributed by atoms with Crippen LogP contribution in [0.25, 0.3) is 10.9 Å². The number of para-hydroxylation sites is 2. The molecule has 126 valence electrons. The lowest BCUT2D eigenvalue weighted by molar-refractivity contribution is 0.0744. The van der Waals surface area contributed by atoms with Crippen LogP contribution in [-0.4, -0.2) is 26.5 Å². The highest BCUT2D eigenvalue weighted by molar-refractivity contribution is 6.43. The van der Waals surface area contributed by atoms with Crippen molar-refractivity contribution in [2.75, 3.05) is 0 Å². The quantitative estimate of drug-likeness (QED) is 0.675. The van der Waals surface area contributed by atoms with E-state index in [1.165, 1.54) is 0 Å². The van der Waals surface area contributed by atoms with Gasteiger partial charge in [-0.05, 0) is 12.1 Å². The number of rotatable bonds is 1. The molecule has 0 amide bonds. The molecule has 0 saturated carbocycles. The highest BCUT2D eigenvalue weighted by Gasteiger charge is 2.56. The molecule has 1 aliphatic heterocycles. The van der Waals surface area contributed by atoms with Crippen LogP contribution in [-0.2, 0) is 12.1 Å². The summed E-state index contributed by atoms with van der Waals surface area (Å²) in [6.45, 7) is 0.0432. The lowest BCUT2D eigenvalue weighted by atomic mass is 9.77. The lowest BCUT2D eigenvalue weighted by Gasteiger charge is -2.34. The van der Waals surface area contributed by atoms with Gasteiger partial charge in [-0.2, -0.15) is 5.26 Å². The molecule has 2 heterocycles. The van der Waals surface area contributed by atoms with Gasteiger partial charge in [0.1, 0.15) is 17.6 Å².